The highest BCUT2D eigenvalue weighted by Crippen LogP contribution is 2.35. The van der Waals surface area contributed by atoms with Crippen LogP contribution in [0.5, 0.6) is 0 Å². The maximum Gasteiger partial charge on any atom is 0.269 e. The van der Waals surface area contributed by atoms with Gasteiger partial charge in [-0.25, -0.2) is 5.01 Å². The van der Waals surface area contributed by atoms with Gasteiger partial charge in [-0.15, -0.1) is 0 Å². The molecule has 1 aliphatic heterocycles. The smallest absolute Gasteiger partial charge is 0.269 e. The normalized spacial score (nSPS) is 16.1. The molecule has 6 heteroatoms. The second-order valence-electron chi connectivity index (χ2n) is 11.1. The molecule has 1 unspecified atom stereocenters. The molecule has 0 aromatic heterocycles. The fourth-order valence-electron chi connectivity index (χ4n) is 4.87. The molecule has 1 aliphatic rings. The SMILES string of the molecule is CCCCCCCCCCCCCCCCC1C(=O)N(c2ccc([N+](=O)[O-])cc2)N=C1C(C)(C)C. The third-order valence-electron chi connectivity index (χ3n) is 6.96. The van der Waals surface area contributed by atoms with Crippen molar-refractivity contribution in [3.63, 3.8) is 0 Å². The number of hydrogen-bond acceptors (Lipinski definition) is 4. The molecule has 1 amide bonds. The summed E-state index contributed by atoms with van der Waals surface area (Å²) in [5, 5.41) is 17.1. The predicted molar refractivity (Wildman–Crippen MR) is 146 cm³/mol. The molecular formula is C29H47N3O3. The van der Waals surface area contributed by atoms with E-state index in [1.807, 2.05) is 0 Å². The largest absolute Gasteiger partial charge is 0.272 e. The first-order chi connectivity index (χ1) is 16.8. The van der Waals surface area contributed by atoms with E-state index in [9.17, 15) is 14.9 Å². The number of nitrogens with zero attached hydrogens (tertiary/aromatic N) is 3. The summed E-state index contributed by atoms with van der Waals surface area (Å²) < 4.78 is 0. The van der Waals surface area contributed by atoms with E-state index in [4.69, 9.17) is 0 Å². The highest BCUT2D eigenvalue weighted by molar-refractivity contribution is 6.17. The van der Waals surface area contributed by atoms with Crippen molar-refractivity contribution >= 4 is 23.0 Å². The fourth-order valence-corrected chi connectivity index (χ4v) is 4.87. The molecule has 1 heterocycles. The van der Waals surface area contributed by atoms with Gasteiger partial charge in [0.05, 0.1) is 22.2 Å². The van der Waals surface area contributed by atoms with Gasteiger partial charge in [-0.1, -0.05) is 118 Å². The first kappa shape index (κ1) is 29.0. The maximum atomic E-state index is 13.2. The molecule has 6 nitrogen and oxygen atoms in total. The van der Waals surface area contributed by atoms with E-state index < -0.39 is 4.92 Å². The second kappa shape index (κ2) is 15.0. The van der Waals surface area contributed by atoms with Crippen molar-refractivity contribution in [2.24, 2.45) is 16.4 Å². The lowest BCUT2D eigenvalue weighted by Gasteiger charge is -2.22. The number of anilines is 1. The number of rotatable bonds is 17. The zero-order valence-corrected chi connectivity index (χ0v) is 22.6. The van der Waals surface area contributed by atoms with Gasteiger partial charge in [-0.2, -0.15) is 5.10 Å². The Labute approximate surface area is 212 Å². The quantitative estimate of drug-likeness (QED) is 0.126. The first-order valence-electron chi connectivity index (χ1n) is 13.9. The first-order valence-corrected chi connectivity index (χ1v) is 13.9. The van der Waals surface area contributed by atoms with E-state index in [0.717, 1.165) is 25.0 Å². The monoisotopic (exact) mass is 485 g/mol. The summed E-state index contributed by atoms with van der Waals surface area (Å²) >= 11 is 0. The number of nitro groups is 1. The Balaban J connectivity index is 1.69. The van der Waals surface area contributed by atoms with Crippen LogP contribution in [0.2, 0.25) is 0 Å². The number of hydrazone groups is 1. The van der Waals surface area contributed by atoms with Crippen LogP contribution >= 0.6 is 0 Å². The van der Waals surface area contributed by atoms with Crippen molar-refractivity contribution in [1.82, 2.24) is 0 Å². The molecule has 35 heavy (non-hydrogen) atoms. The Bertz CT molecular complexity index is 811. The molecule has 0 radical (unpaired) electrons. The van der Waals surface area contributed by atoms with E-state index >= 15 is 0 Å². The number of hydrogen-bond donors (Lipinski definition) is 0. The fraction of sp³-hybridized carbons (Fsp3) is 0.724. The van der Waals surface area contributed by atoms with Crippen molar-refractivity contribution < 1.29 is 9.72 Å². The zero-order valence-electron chi connectivity index (χ0n) is 22.6. The van der Waals surface area contributed by atoms with Gasteiger partial charge in [0.15, 0.2) is 0 Å². The Morgan fingerprint density at radius 2 is 1.29 bits per heavy atom. The Morgan fingerprint density at radius 3 is 1.71 bits per heavy atom. The number of carbonyl (C=O) groups is 1. The standard InChI is InChI=1S/C29H47N3O3/c1-5-6-7-8-9-10-11-12-13-14-15-16-17-18-19-26-27(29(2,3)4)30-31(28(26)33)24-20-22-25(23-21-24)32(34)35/h20-23,26H,5-19H2,1-4H3. The van der Waals surface area contributed by atoms with Crippen LogP contribution in [-0.2, 0) is 4.79 Å². The lowest BCUT2D eigenvalue weighted by molar-refractivity contribution is -0.384. The zero-order chi connectivity index (χ0) is 25.7. The molecule has 1 aromatic carbocycles. The summed E-state index contributed by atoms with van der Waals surface area (Å²) in [6, 6.07) is 6.06. The summed E-state index contributed by atoms with van der Waals surface area (Å²) in [6.07, 6.45) is 19.2. The van der Waals surface area contributed by atoms with E-state index in [1.165, 1.54) is 94.2 Å². The van der Waals surface area contributed by atoms with Crippen LogP contribution < -0.4 is 5.01 Å². The van der Waals surface area contributed by atoms with Crippen molar-refractivity contribution in [2.75, 3.05) is 5.01 Å². The van der Waals surface area contributed by atoms with Crippen LogP contribution in [0.15, 0.2) is 29.4 Å². The van der Waals surface area contributed by atoms with Crippen molar-refractivity contribution in [3.05, 3.63) is 34.4 Å². The lowest BCUT2D eigenvalue weighted by atomic mass is 9.80. The number of carbonyl (C=O) groups excluding carboxylic acids is 1. The third-order valence-corrected chi connectivity index (χ3v) is 6.96. The summed E-state index contributed by atoms with van der Waals surface area (Å²) in [5.74, 6) is -0.221. The van der Waals surface area contributed by atoms with Gasteiger partial charge < -0.3 is 0 Å². The minimum Gasteiger partial charge on any atom is -0.272 e. The van der Waals surface area contributed by atoms with Gasteiger partial charge in [0.1, 0.15) is 0 Å². The van der Waals surface area contributed by atoms with E-state index in [2.05, 4.69) is 32.8 Å². The van der Waals surface area contributed by atoms with Gasteiger partial charge in [-0.3, -0.25) is 14.9 Å². The van der Waals surface area contributed by atoms with Crippen LogP contribution in [0.1, 0.15) is 124 Å². The van der Waals surface area contributed by atoms with Crippen molar-refractivity contribution in [1.29, 1.82) is 0 Å². The number of amides is 1. The van der Waals surface area contributed by atoms with Gasteiger partial charge in [0.2, 0.25) is 0 Å². The van der Waals surface area contributed by atoms with Crippen LogP contribution in [0.4, 0.5) is 11.4 Å². The number of non-ortho nitro benzene ring substituents is 1. The summed E-state index contributed by atoms with van der Waals surface area (Å²) in [4.78, 5) is 23.7. The molecule has 0 bridgehead atoms. The number of nitro benzene ring substituents is 1. The molecule has 0 saturated heterocycles. The van der Waals surface area contributed by atoms with Crippen LogP contribution in [-0.4, -0.2) is 16.5 Å². The Morgan fingerprint density at radius 1 is 0.829 bits per heavy atom. The summed E-state index contributed by atoms with van der Waals surface area (Å²) in [6.45, 7) is 8.55. The molecule has 0 aliphatic carbocycles. The molecule has 196 valence electrons. The minimum atomic E-state index is -0.433. The second-order valence-corrected chi connectivity index (χ2v) is 11.1. The van der Waals surface area contributed by atoms with Gasteiger partial charge in [0.25, 0.3) is 11.6 Å². The Hall–Kier alpha value is -2.24. The molecule has 0 N–H and O–H groups in total. The van der Waals surface area contributed by atoms with Gasteiger partial charge in [-0.05, 0) is 18.6 Å². The molecule has 1 aromatic rings. The molecular weight excluding hydrogens is 438 g/mol. The topological polar surface area (TPSA) is 75.8 Å². The van der Waals surface area contributed by atoms with Crippen LogP contribution in [0.3, 0.4) is 0 Å². The highest BCUT2D eigenvalue weighted by Gasteiger charge is 2.41. The third kappa shape index (κ3) is 9.73. The van der Waals surface area contributed by atoms with Gasteiger partial charge in [0, 0.05) is 17.5 Å². The van der Waals surface area contributed by atoms with E-state index in [1.54, 1.807) is 12.1 Å². The minimum absolute atomic E-state index is 0.0133. The van der Waals surface area contributed by atoms with E-state index in [-0.39, 0.29) is 22.9 Å². The lowest BCUT2D eigenvalue weighted by Crippen LogP contribution is -2.31. The molecule has 2 rings (SSSR count). The van der Waals surface area contributed by atoms with E-state index in [0.29, 0.717) is 5.69 Å². The average molecular weight is 486 g/mol. The highest BCUT2D eigenvalue weighted by atomic mass is 16.6. The van der Waals surface area contributed by atoms with Crippen molar-refractivity contribution in [2.45, 2.75) is 124 Å². The van der Waals surface area contributed by atoms with Crippen LogP contribution in [0, 0.1) is 21.4 Å². The Kier molecular flexibility index (Phi) is 12.4. The summed E-state index contributed by atoms with van der Waals surface area (Å²) in [5.41, 5.74) is 1.31. The molecule has 0 spiro atoms. The number of benzene rings is 1. The molecule has 0 fully saturated rings. The van der Waals surface area contributed by atoms with Crippen LogP contribution in [0.25, 0.3) is 0 Å². The molecule has 0 saturated carbocycles. The maximum absolute atomic E-state index is 13.2. The number of unbranched alkanes of at least 4 members (excludes halogenated alkanes) is 13. The summed E-state index contributed by atoms with van der Waals surface area (Å²) in [7, 11) is 0. The van der Waals surface area contributed by atoms with Crippen molar-refractivity contribution in [3.8, 4) is 0 Å². The van der Waals surface area contributed by atoms with Gasteiger partial charge >= 0.3 is 0 Å². The average Bonchev–Trinajstić information content (AvgIpc) is 3.16. The predicted octanol–water partition coefficient (Wildman–Crippen LogP) is 8.83. The molecule has 1 atom stereocenters.